The predicted molar refractivity (Wildman–Crippen MR) is 57.3 cm³/mol. The molecule has 1 aromatic carbocycles. The van der Waals surface area contributed by atoms with Gasteiger partial charge in [-0.15, -0.1) is 0 Å². The molecule has 1 N–H and O–H groups in total. The molecule has 0 aromatic heterocycles. The number of rotatable bonds is 4. The van der Waals surface area contributed by atoms with Crippen molar-refractivity contribution in [1.29, 1.82) is 0 Å². The number of hydrogen-bond acceptors (Lipinski definition) is 3. The maximum atomic E-state index is 13.9. The topological polar surface area (TPSA) is 38.7 Å². The van der Waals surface area contributed by atoms with E-state index in [1.54, 1.807) is 0 Å². The number of benzene rings is 1. The lowest BCUT2D eigenvalue weighted by molar-refractivity contribution is 0.148. The molecule has 1 saturated carbocycles. The third kappa shape index (κ3) is 2.20. The molecule has 17 heavy (non-hydrogen) atoms. The van der Waals surface area contributed by atoms with Crippen LogP contribution in [-0.2, 0) is 6.42 Å². The van der Waals surface area contributed by atoms with Crippen LogP contribution < -0.4 is 9.47 Å². The van der Waals surface area contributed by atoms with Gasteiger partial charge in [-0.3, -0.25) is 0 Å². The molecule has 94 valence electrons. The standard InChI is InChI=1S/C12H14F2O3/c1-16-8-5-9(17-2)11(14)7(10(8)13)6-12(15)3-4-12/h5,15H,3-4,6H2,1-2H3. The van der Waals surface area contributed by atoms with Crippen LogP contribution in [0.4, 0.5) is 8.78 Å². The van der Waals surface area contributed by atoms with Crippen LogP contribution in [0, 0.1) is 11.6 Å². The average molecular weight is 244 g/mol. The van der Waals surface area contributed by atoms with Crippen LogP contribution in [0.3, 0.4) is 0 Å². The minimum Gasteiger partial charge on any atom is -0.494 e. The first-order valence-electron chi connectivity index (χ1n) is 5.32. The summed E-state index contributed by atoms with van der Waals surface area (Å²) in [6.07, 6.45) is 1.06. The highest BCUT2D eigenvalue weighted by Crippen LogP contribution is 2.41. The van der Waals surface area contributed by atoms with Crippen LogP contribution in [-0.4, -0.2) is 24.9 Å². The molecule has 0 bridgehead atoms. The molecule has 0 saturated heterocycles. The Morgan fingerprint density at radius 1 is 1.18 bits per heavy atom. The van der Waals surface area contributed by atoms with Crippen LogP contribution in [0.1, 0.15) is 18.4 Å². The van der Waals surface area contributed by atoms with Gasteiger partial charge in [0.25, 0.3) is 0 Å². The van der Waals surface area contributed by atoms with Gasteiger partial charge in [-0.25, -0.2) is 8.78 Å². The quantitative estimate of drug-likeness (QED) is 0.881. The second-order valence-corrected chi connectivity index (χ2v) is 4.29. The van der Waals surface area contributed by atoms with Gasteiger partial charge in [-0.2, -0.15) is 0 Å². The van der Waals surface area contributed by atoms with Gasteiger partial charge >= 0.3 is 0 Å². The van der Waals surface area contributed by atoms with E-state index in [4.69, 9.17) is 9.47 Å². The second kappa shape index (κ2) is 4.14. The van der Waals surface area contributed by atoms with Crippen molar-refractivity contribution in [2.24, 2.45) is 0 Å². The first kappa shape index (κ1) is 12.1. The monoisotopic (exact) mass is 244 g/mol. The van der Waals surface area contributed by atoms with Crippen LogP contribution in [0.15, 0.2) is 6.07 Å². The lowest BCUT2D eigenvalue weighted by atomic mass is 10.0. The van der Waals surface area contributed by atoms with Crippen molar-refractivity contribution in [3.8, 4) is 11.5 Å². The fraction of sp³-hybridized carbons (Fsp3) is 0.500. The van der Waals surface area contributed by atoms with Gasteiger partial charge in [0.05, 0.1) is 19.8 Å². The lowest BCUT2D eigenvalue weighted by Gasteiger charge is -2.14. The van der Waals surface area contributed by atoms with E-state index in [-0.39, 0.29) is 23.5 Å². The zero-order valence-corrected chi connectivity index (χ0v) is 9.72. The zero-order valence-electron chi connectivity index (χ0n) is 9.72. The average Bonchev–Trinajstić information content (AvgIpc) is 3.03. The molecule has 5 heteroatoms. The highest BCUT2D eigenvalue weighted by Gasteiger charge is 2.42. The van der Waals surface area contributed by atoms with Gasteiger partial charge in [0.1, 0.15) is 0 Å². The highest BCUT2D eigenvalue weighted by molar-refractivity contribution is 5.42. The summed E-state index contributed by atoms with van der Waals surface area (Å²) in [7, 11) is 2.59. The number of methoxy groups -OCH3 is 2. The summed E-state index contributed by atoms with van der Waals surface area (Å²) in [5.41, 5.74) is -1.15. The Labute approximate surface area is 98.0 Å². The zero-order chi connectivity index (χ0) is 12.6. The summed E-state index contributed by atoms with van der Waals surface area (Å²) in [6.45, 7) is 0. The van der Waals surface area contributed by atoms with Gasteiger partial charge in [0.15, 0.2) is 23.1 Å². The van der Waals surface area contributed by atoms with E-state index in [1.165, 1.54) is 14.2 Å². The molecule has 1 aliphatic rings. The summed E-state index contributed by atoms with van der Waals surface area (Å²) in [4.78, 5) is 0. The maximum absolute atomic E-state index is 13.9. The van der Waals surface area contributed by atoms with E-state index in [9.17, 15) is 13.9 Å². The Hall–Kier alpha value is -1.36. The molecule has 0 amide bonds. The van der Waals surface area contributed by atoms with Crippen molar-refractivity contribution >= 4 is 0 Å². The van der Waals surface area contributed by atoms with Crippen LogP contribution in [0.25, 0.3) is 0 Å². The molecule has 0 heterocycles. The van der Waals surface area contributed by atoms with Gasteiger partial charge in [-0.05, 0) is 12.8 Å². The predicted octanol–water partition coefficient (Wildman–Crippen LogP) is 2.05. The first-order chi connectivity index (χ1) is 8.00. The molecule has 0 unspecified atom stereocenters. The van der Waals surface area contributed by atoms with Gasteiger partial charge in [0.2, 0.25) is 0 Å². The molecule has 1 fully saturated rings. The van der Waals surface area contributed by atoms with Gasteiger partial charge in [0, 0.05) is 18.1 Å². The van der Waals surface area contributed by atoms with E-state index in [0.717, 1.165) is 6.07 Å². The van der Waals surface area contributed by atoms with Crippen molar-refractivity contribution in [1.82, 2.24) is 0 Å². The Morgan fingerprint density at radius 3 is 2.00 bits per heavy atom. The smallest absolute Gasteiger partial charge is 0.171 e. The number of aliphatic hydroxyl groups is 1. The summed E-state index contributed by atoms with van der Waals surface area (Å²) in [5.74, 6) is -1.71. The number of ether oxygens (including phenoxy) is 2. The van der Waals surface area contributed by atoms with Crippen molar-refractivity contribution in [3.05, 3.63) is 23.3 Å². The van der Waals surface area contributed by atoms with Crippen molar-refractivity contribution in [2.45, 2.75) is 24.9 Å². The second-order valence-electron chi connectivity index (χ2n) is 4.29. The summed E-state index contributed by atoms with van der Waals surface area (Å²) >= 11 is 0. The van der Waals surface area contributed by atoms with Crippen LogP contribution in [0.2, 0.25) is 0 Å². The molecule has 1 aromatic rings. The van der Waals surface area contributed by atoms with E-state index < -0.39 is 17.2 Å². The highest BCUT2D eigenvalue weighted by atomic mass is 19.1. The molecule has 0 aliphatic heterocycles. The van der Waals surface area contributed by atoms with Crippen molar-refractivity contribution in [3.63, 3.8) is 0 Å². The fourth-order valence-electron chi connectivity index (χ4n) is 1.74. The van der Waals surface area contributed by atoms with E-state index in [1.807, 2.05) is 0 Å². The number of halogens is 2. The SMILES string of the molecule is COc1cc(OC)c(F)c(CC2(O)CC2)c1F. The first-order valence-corrected chi connectivity index (χ1v) is 5.32. The Morgan fingerprint density at radius 2 is 1.65 bits per heavy atom. The van der Waals surface area contributed by atoms with Crippen molar-refractivity contribution in [2.75, 3.05) is 14.2 Å². The molecular weight excluding hydrogens is 230 g/mol. The minimum atomic E-state index is -0.973. The lowest BCUT2D eigenvalue weighted by Crippen LogP contribution is -2.14. The molecular formula is C12H14F2O3. The third-order valence-electron chi connectivity index (χ3n) is 3.00. The molecule has 1 aliphatic carbocycles. The summed E-state index contributed by atoms with van der Waals surface area (Å²) in [6, 6.07) is 1.16. The molecule has 0 spiro atoms. The van der Waals surface area contributed by atoms with Crippen LogP contribution in [0.5, 0.6) is 11.5 Å². The Balaban J connectivity index is 2.46. The maximum Gasteiger partial charge on any atom is 0.171 e. The van der Waals surface area contributed by atoms with E-state index in [0.29, 0.717) is 12.8 Å². The minimum absolute atomic E-state index is 0.0573. The third-order valence-corrected chi connectivity index (χ3v) is 3.00. The summed E-state index contributed by atoms with van der Waals surface area (Å²) in [5, 5.41) is 9.74. The molecule has 3 nitrogen and oxygen atoms in total. The van der Waals surface area contributed by atoms with E-state index in [2.05, 4.69) is 0 Å². The Kier molecular flexibility index (Phi) is 2.95. The number of hydrogen-bond donors (Lipinski definition) is 1. The Bertz CT molecular complexity index is 414. The summed E-state index contributed by atoms with van der Waals surface area (Å²) < 4.78 is 37.4. The normalized spacial score (nSPS) is 16.8. The fourth-order valence-corrected chi connectivity index (χ4v) is 1.74. The van der Waals surface area contributed by atoms with E-state index >= 15 is 0 Å². The van der Waals surface area contributed by atoms with Gasteiger partial charge in [-0.1, -0.05) is 0 Å². The van der Waals surface area contributed by atoms with Crippen LogP contribution >= 0.6 is 0 Å². The van der Waals surface area contributed by atoms with Gasteiger partial charge < -0.3 is 14.6 Å². The molecule has 0 radical (unpaired) electrons. The molecule has 0 atom stereocenters. The van der Waals surface area contributed by atoms with Crippen molar-refractivity contribution < 1.29 is 23.4 Å². The molecule has 2 rings (SSSR count). The largest absolute Gasteiger partial charge is 0.494 e.